The molecule has 1 aromatic carbocycles. The number of hydrogen-bond acceptors (Lipinski definition) is 3. The standard InChI is InChI=1S/C12H16ClN3O2/c1-8(17)15-11-7-9(4-5-10(11)13)16-12(18)3-2-6-14/h4-5,7H,2-3,6,14H2,1H3,(H,15,17)(H,16,18). The van der Waals surface area contributed by atoms with Crippen LogP contribution in [-0.4, -0.2) is 18.4 Å². The Hall–Kier alpha value is -1.59. The predicted octanol–water partition coefficient (Wildman–Crippen LogP) is 1.98. The molecule has 0 aliphatic heterocycles. The fraction of sp³-hybridized carbons (Fsp3) is 0.333. The molecule has 6 heteroatoms. The van der Waals surface area contributed by atoms with Crippen LogP contribution in [-0.2, 0) is 9.59 Å². The van der Waals surface area contributed by atoms with E-state index < -0.39 is 0 Å². The Balaban J connectivity index is 2.72. The van der Waals surface area contributed by atoms with Gasteiger partial charge in [-0.2, -0.15) is 0 Å². The van der Waals surface area contributed by atoms with Gasteiger partial charge in [0.05, 0.1) is 10.7 Å². The Morgan fingerprint density at radius 3 is 2.67 bits per heavy atom. The molecule has 98 valence electrons. The molecule has 4 N–H and O–H groups in total. The number of nitrogens with two attached hydrogens (primary N) is 1. The van der Waals surface area contributed by atoms with Crippen molar-refractivity contribution in [2.24, 2.45) is 5.73 Å². The van der Waals surface area contributed by atoms with Gasteiger partial charge in [0, 0.05) is 19.0 Å². The molecule has 0 saturated heterocycles. The SMILES string of the molecule is CC(=O)Nc1cc(NC(=O)CCCN)ccc1Cl. The quantitative estimate of drug-likeness (QED) is 0.764. The van der Waals surface area contributed by atoms with Crippen molar-refractivity contribution in [2.45, 2.75) is 19.8 Å². The molecular weight excluding hydrogens is 254 g/mol. The van der Waals surface area contributed by atoms with Crippen molar-refractivity contribution in [3.63, 3.8) is 0 Å². The number of amides is 2. The zero-order valence-corrected chi connectivity index (χ0v) is 10.9. The van der Waals surface area contributed by atoms with E-state index in [9.17, 15) is 9.59 Å². The lowest BCUT2D eigenvalue weighted by molar-refractivity contribution is -0.116. The highest BCUT2D eigenvalue weighted by Crippen LogP contribution is 2.25. The fourth-order valence-corrected chi connectivity index (χ4v) is 1.54. The molecule has 5 nitrogen and oxygen atoms in total. The Morgan fingerprint density at radius 1 is 1.33 bits per heavy atom. The normalized spacial score (nSPS) is 9.94. The van der Waals surface area contributed by atoms with Gasteiger partial charge >= 0.3 is 0 Å². The van der Waals surface area contributed by atoms with E-state index in [0.717, 1.165) is 0 Å². The van der Waals surface area contributed by atoms with E-state index in [1.807, 2.05) is 0 Å². The van der Waals surface area contributed by atoms with Gasteiger partial charge in [-0.05, 0) is 31.2 Å². The van der Waals surface area contributed by atoms with Crippen LogP contribution >= 0.6 is 11.6 Å². The van der Waals surface area contributed by atoms with Crippen molar-refractivity contribution in [1.29, 1.82) is 0 Å². The first kappa shape index (κ1) is 14.5. The van der Waals surface area contributed by atoms with Crippen LogP contribution < -0.4 is 16.4 Å². The largest absolute Gasteiger partial charge is 0.330 e. The number of carbonyl (C=O) groups excluding carboxylic acids is 2. The lowest BCUT2D eigenvalue weighted by atomic mass is 10.2. The number of nitrogens with one attached hydrogen (secondary N) is 2. The second-order valence-electron chi connectivity index (χ2n) is 3.82. The monoisotopic (exact) mass is 269 g/mol. The Morgan fingerprint density at radius 2 is 2.06 bits per heavy atom. The molecule has 0 radical (unpaired) electrons. The van der Waals surface area contributed by atoms with Crippen molar-refractivity contribution in [1.82, 2.24) is 0 Å². The van der Waals surface area contributed by atoms with E-state index >= 15 is 0 Å². The van der Waals surface area contributed by atoms with Crippen LogP contribution in [0.25, 0.3) is 0 Å². The zero-order chi connectivity index (χ0) is 13.5. The highest BCUT2D eigenvalue weighted by molar-refractivity contribution is 6.33. The molecule has 0 bridgehead atoms. The van der Waals surface area contributed by atoms with E-state index in [0.29, 0.717) is 35.8 Å². The molecule has 2 amide bonds. The van der Waals surface area contributed by atoms with Crippen LogP contribution in [0, 0.1) is 0 Å². The molecule has 0 saturated carbocycles. The lowest BCUT2D eigenvalue weighted by Crippen LogP contribution is -2.14. The van der Waals surface area contributed by atoms with E-state index in [2.05, 4.69) is 10.6 Å². The van der Waals surface area contributed by atoms with Gasteiger partial charge in [0.1, 0.15) is 0 Å². The van der Waals surface area contributed by atoms with Crippen molar-refractivity contribution < 1.29 is 9.59 Å². The van der Waals surface area contributed by atoms with Crippen molar-refractivity contribution >= 4 is 34.8 Å². The summed E-state index contributed by atoms with van der Waals surface area (Å²) in [5.41, 5.74) is 6.39. The van der Waals surface area contributed by atoms with Crippen molar-refractivity contribution in [2.75, 3.05) is 17.2 Å². The van der Waals surface area contributed by atoms with Crippen LogP contribution in [0.3, 0.4) is 0 Å². The van der Waals surface area contributed by atoms with Gasteiger partial charge in [-0.3, -0.25) is 9.59 Å². The molecule has 0 aliphatic carbocycles. The second kappa shape index (κ2) is 6.98. The summed E-state index contributed by atoms with van der Waals surface area (Å²) in [6.45, 7) is 1.87. The van der Waals surface area contributed by atoms with E-state index in [1.54, 1.807) is 18.2 Å². The van der Waals surface area contributed by atoms with Gasteiger partial charge in [-0.15, -0.1) is 0 Å². The summed E-state index contributed by atoms with van der Waals surface area (Å²) < 4.78 is 0. The Labute approximate surface area is 111 Å². The summed E-state index contributed by atoms with van der Waals surface area (Å²) >= 11 is 5.92. The van der Waals surface area contributed by atoms with E-state index in [1.165, 1.54) is 6.92 Å². The first-order chi connectivity index (χ1) is 8.52. The smallest absolute Gasteiger partial charge is 0.224 e. The maximum atomic E-state index is 11.5. The highest BCUT2D eigenvalue weighted by atomic mass is 35.5. The van der Waals surface area contributed by atoms with Crippen LogP contribution in [0.4, 0.5) is 11.4 Å². The second-order valence-corrected chi connectivity index (χ2v) is 4.22. The number of rotatable bonds is 5. The maximum absolute atomic E-state index is 11.5. The highest BCUT2D eigenvalue weighted by Gasteiger charge is 2.06. The predicted molar refractivity (Wildman–Crippen MR) is 72.7 cm³/mol. The fourth-order valence-electron chi connectivity index (χ4n) is 1.37. The summed E-state index contributed by atoms with van der Waals surface area (Å²) in [5, 5.41) is 5.72. The minimum Gasteiger partial charge on any atom is -0.330 e. The number of carbonyl (C=O) groups is 2. The van der Waals surface area contributed by atoms with Crippen molar-refractivity contribution in [3.8, 4) is 0 Å². The number of anilines is 2. The van der Waals surface area contributed by atoms with Gasteiger partial charge in [-0.1, -0.05) is 11.6 Å². The van der Waals surface area contributed by atoms with E-state index in [4.69, 9.17) is 17.3 Å². The molecule has 1 aromatic rings. The van der Waals surface area contributed by atoms with Gasteiger partial charge in [0.2, 0.25) is 11.8 Å². The lowest BCUT2D eigenvalue weighted by Gasteiger charge is -2.09. The maximum Gasteiger partial charge on any atom is 0.224 e. The molecule has 0 atom stereocenters. The van der Waals surface area contributed by atoms with Crippen molar-refractivity contribution in [3.05, 3.63) is 23.2 Å². The summed E-state index contributed by atoms with van der Waals surface area (Å²) in [7, 11) is 0. The van der Waals surface area contributed by atoms with E-state index in [-0.39, 0.29) is 11.8 Å². The zero-order valence-electron chi connectivity index (χ0n) is 10.1. The molecule has 0 aromatic heterocycles. The first-order valence-corrected chi connectivity index (χ1v) is 5.98. The van der Waals surface area contributed by atoms with Gasteiger partial charge < -0.3 is 16.4 Å². The molecule has 0 spiro atoms. The molecule has 0 unspecified atom stereocenters. The molecule has 1 rings (SSSR count). The third-order valence-electron chi connectivity index (χ3n) is 2.17. The minimum absolute atomic E-state index is 0.114. The number of benzene rings is 1. The summed E-state index contributed by atoms with van der Waals surface area (Å²) in [4.78, 5) is 22.5. The average molecular weight is 270 g/mol. The average Bonchev–Trinajstić information content (AvgIpc) is 2.30. The number of halogens is 1. The van der Waals surface area contributed by atoms with Gasteiger partial charge in [0.15, 0.2) is 0 Å². The third kappa shape index (κ3) is 4.73. The van der Waals surface area contributed by atoms with Gasteiger partial charge in [-0.25, -0.2) is 0 Å². The molecule has 0 aliphatic rings. The van der Waals surface area contributed by atoms with Crippen LogP contribution in [0.15, 0.2) is 18.2 Å². The summed E-state index contributed by atoms with van der Waals surface area (Å²) in [5.74, 6) is -0.333. The Kier molecular flexibility index (Phi) is 5.61. The molecular formula is C12H16ClN3O2. The minimum atomic E-state index is -0.219. The molecule has 18 heavy (non-hydrogen) atoms. The molecule has 0 heterocycles. The van der Waals surface area contributed by atoms with Crippen LogP contribution in [0.5, 0.6) is 0 Å². The summed E-state index contributed by atoms with van der Waals surface area (Å²) in [6.07, 6.45) is 1.01. The molecule has 0 fully saturated rings. The first-order valence-electron chi connectivity index (χ1n) is 5.60. The van der Waals surface area contributed by atoms with Crippen LogP contribution in [0.2, 0.25) is 5.02 Å². The Bertz CT molecular complexity index is 449. The third-order valence-corrected chi connectivity index (χ3v) is 2.50. The van der Waals surface area contributed by atoms with Crippen LogP contribution in [0.1, 0.15) is 19.8 Å². The summed E-state index contributed by atoms with van der Waals surface area (Å²) in [6, 6.07) is 4.91. The topological polar surface area (TPSA) is 84.2 Å². The number of hydrogen-bond donors (Lipinski definition) is 3. The van der Waals surface area contributed by atoms with Gasteiger partial charge in [0.25, 0.3) is 0 Å².